The van der Waals surface area contributed by atoms with Gasteiger partial charge in [-0.25, -0.2) is 0 Å². The average molecular weight is 644 g/mol. The third-order valence-corrected chi connectivity index (χ3v) is 29.5. The quantitative estimate of drug-likeness (QED) is 0.195. The van der Waals surface area contributed by atoms with Crippen molar-refractivity contribution < 1.29 is 20.4 Å². The van der Waals surface area contributed by atoms with E-state index in [1.165, 1.54) is 33.4 Å². The van der Waals surface area contributed by atoms with E-state index < -0.39 is 25.8 Å². The fourth-order valence-corrected chi connectivity index (χ4v) is 30.3. The van der Waals surface area contributed by atoms with Crippen molar-refractivity contribution in [3.63, 3.8) is 0 Å². The van der Waals surface area contributed by atoms with Crippen molar-refractivity contribution in [2.75, 3.05) is 0 Å². The summed E-state index contributed by atoms with van der Waals surface area (Å²) in [5, 5.41) is 3.16. The summed E-state index contributed by atoms with van der Waals surface area (Å²) in [5.74, 6) is 0. The van der Waals surface area contributed by atoms with E-state index in [1.807, 2.05) is 0 Å². The van der Waals surface area contributed by atoms with Crippen molar-refractivity contribution >= 4 is 15.8 Å². The van der Waals surface area contributed by atoms with Crippen molar-refractivity contribution in [3.8, 4) is 11.1 Å². The van der Waals surface area contributed by atoms with Gasteiger partial charge >= 0.3 is 263 Å². The van der Waals surface area contributed by atoms with E-state index in [0.29, 0.717) is 7.25 Å². The molecule has 2 heteroatoms. The van der Waals surface area contributed by atoms with Gasteiger partial charge in [0, 0.05) is 0 Å². The van der Waals surface area contributed by atoms with E-state index >= 15 is 0 Å². The van der Waals surface area contributed by atoms with Crippen LogP contribution in [-0.4, -0.2) is 5.43 Å². The molecule has 4 aromatic rings. The first-order valence-electron chi connectivity index (χ1n) is 15.5. The molecule has 0 fully saturated rings. The zero-order valence-corrected chi connectivity index (χ0v) is 30.0. The van der Waals surface area contributed by atoms with Crippen molar-refractivity contribution in [1.29, 1.82) is 0 Å². The van der Waals surface area contributed by atoms with Gasteiger partial charge < -0.3 is 0 Å². The summed E-state index contributed by atoms with van der Waals surface area (Å²) in [6.07, 6.45) is 9.74. The molecular weight excluding hydrogens is 600 g/mol. The van der Waals surface area contributed by atoms with Gasteiger partial charge in [0.1, 0.15) is 0 Å². The Morgan fingerprint density at radius 2 is 0.976 bits per heavy atom. The Hall–Kier alpha value is -2.54. The summed E-state index contributed by atoms with van der Waals surface area (Å²) in [6, 6.07) is 33.6. The van der Waals surface area contributed by atoms with Crippen molar-refractivity contribution in [3.05, 3.63) is 143 Å². The molecule has 0 radical (unpaired) electrons. The van der Waals surface area contributed by atoms with Crippen molar-refractivity contribution in [2.45, 2.75) is 73.5 Å². The SMILES string of the molecule is Cc1cc2c(cc1C(C)(C)C)-c1cc(C(C)(C)C)c(C)cc1[CH]2[Zr]([CH]1C=CC=C1)=[Si](c1ccccc1)c1ccccc1. The molecule has 0 unspecified atom stereocenters. The minimum atomic E-state index is -2.46. The molecule has 0 atom stereocenters. The summed E-state index contributed by atoms with van der Waals surface area (Å²) in [4.78, 5) is 0. The van der Waals surface area contributed by atoms with Crippen molar-refractivity contribution in [1.82, 2.24) is 0 Å². The first-order chi connectivity index (χ1) is 19.9. The summed E-state index contributed by atoms with van der Waals surface area (Å²) in [7, 11) is 0. The van der Waals surface area contributed by atoms with Gasteiger partial charge in [-0.05, 0) is 0 Å². The molecule has 2 aliphatic rings. The predicted octanol–water partition coefficient (Wildman–Crippen LogP) is 9.31. The normalized spacial score (nSPS) is 14.8. The van der Waals surface area contributed by atoms with Gasteiger partial charge in [-0.2, -0.15) is 0 Å². The second kappa shape index (κ2) is 11.2. The number of aryl methyl sites for hydroxylation is 2. The van der Waals surface area contributed by atoms with Crippen LogP contribution in [0.5, 0.6) is 0 Å². The van der Waals surface area contributed by atoms with Crippen LogP contribution in [0.15, 0.2) is 109 Å². The van der Waals surface area contributed by atoms with Gasteiger partial charge in [0.15, 0.2) is 0 Å². The van der Waals surface area contributed by atoms with Crippen LogP contribution in [0.1, 0.15) is 78.5 Å². The third kappa shape index (κ3) is 5.35. The standard InChI is InChI=1S/C23H29.C12H10Si.C5H5.Zr/c1-14-9-16-11-17-10-15(2)21(23(6,7)8)13-19(17)18(16)12-20(14)22(3,4)5;1-3-7-11(8-4-1)13-12-9-5-2-6-10-12;1-2-4-5-3-1;/h9-13H,1-8H3;1-10H;1-5H;. The number of hydrogen-bond acceptors (Lipinski definition) is 0. The van der Waals surface area contributed by atoms with Crippen LogP contribution < -0.4 is 10.4 Å². The maximum absolute atomic E-state index is 2.62. The average Bonchev–Trinajstić information content (AvgIpc) is 3.57. The van der Waals surface area contributed by atoms with Gasteiger partial charge in [0.2, 0.25) is 0 Å². The molecule has 6 rings (SSSR count). The van der Waals surface area contributed by atoms with Gasteiger partial charge in [-0.1, -0.05) is 0 Å². The number of allylic oxidation sites excluding steroid dienone is 4. The Labute approximate surface area is 261 Å². The van der Waals surface area contributed by atoms with Crippen LogP contribution in [-0.2, 0) is 31.2 Å². The minimum absolute atomic E-state index is 0.108. The van der Waals surface area contributed by atoms with Crippen LogP contribution in [0.3, 0.4) is 0 Å². The van der Waals surface area contributed by atoms with Crippen molar-refractivity contribution in [2.24, 2.45) is 0 Å². The third-order valence-electron chi connectivity index (χ3n) is 9.15. The maximum atomic E-state index is 2.62. The Kier molecular flexibility index (Phi) is 7.86. The number of hydrogen-bond donors (Lipinski definition) is 0. The number of fused-ring (bicyclic) bond motifs is 3. The second-order valence-corrected chi connectivity index (χ2v) is 28.6. The second-order valence-electron chi connectivity index (χ2n) is 14.3. The first-order valence-corrected chi connectivity index (χ1v) is 23.5. The van der Waals surface area contributed by atoms with Gasteiger partial charge in [-0.15, -0.1) is 0 Å². The number of rotatable bonds is 4. The van der Waals surface area contributed by atoms with Crippen LogP contribution in [0.2, 0.25) is 3.63 Å². The van der Waals surface area contributed by atoms with E-state index in [0.717, 1.165) is 0 Å². The molecular formula is C40H44SiZr. The van der Waals surface area contributed by atoms with E-state index in [-0.39, 0.29) is 10.8 Å². The van der Waals surface area contributed by atoms with E-state index in [9.17, 15) is 0 Å². The molecule has 0 N–H and O–H groups in total. The Morgan fingerprint density at radius 1 is 0.571 bits per heavy atom. The van der Waals surface area contributed by atoms with Crippen LogP contribution >= 0.6 is 0 Å². The molecule has 0 amide bonds. The molecule has 0 bridgehead atoms. The zero-order chi connectivity index (χ0) is 29.8. The molecule has 42 heavy (non-hydrogen) atoms. The summed E-state index contributed by atoms with van der Waals surface area (Å²) < 4.78 is 1.10. The molecule has 0 aliphatic heterocycles. The fraction of sp³-hybridized carbons (Fsp3) is 0.300. The molecule has 0 spiro atoms. The summed E-state index contributed by atoms with van der Waals surface area (Å²) in [6.45, 7) is 18.9. The summed E-state index contributed by atoms with van der Waals surface area (Å²) >= 11 is -2.46. The monoisotopic (exact) mass is 642 g/mol. The zero-order valence-electron chi connectivity index (χ0n) is 26.5. The van der Waals surface area contributed by atoms with E-state index in [1.54, 1.807) is 21.5 Å². The van der Waals surface area contributed by atoms with Gasteiger partial charge in [-0.3, -0.25) is 0 Å². The molecule has 0 saturated carbocycles. The number of benzene rings is 4. The summed E-state index contributed by atoms with van der Waals surface area (Å²) in [5.41, 5.74) is 11.3. The van der Waals surface area contributed by atoms with Crippen LogP contribution in [0, 0.1) is 13.8 Å². The predicted molar refractivity (Wildman–Crippen MR) is 181 cm³/mol. The molecule has 0 aromatic heterocycles. The fourth-order valence-electron chi connectivity index (χ4n) is 7.38. The molecule has 0 saturated heterocycles. The molecule has 212 valence electrons. The molecule has 0 heterocycles. The first kappa shape index (κ1) is 29.5. The van der Waals surface area contributed by atoms with Gasteiger partial charge in [0.05, 0.1) is 0 Å². The Bertz CT molecular complexity index is 1620. The topological polar surface area (TPSA) is 0 Å². The van der Waals surface area contributed by atoms with Crippen LogP contribution in [0.4, 0.5) is 0 Å². The van der Waals surface area contributed by atoms with Crippen LogP contribution in [0.25, 0.3) is 11.1 Å². The Morgan fingerprint density at radius 3 is 1.36 bits per heavy atom. The molecule has 0 nitrogen and oxygen atoms in total. The molecule has 4 aromatic carbocycles. The molecule has 2 aliphatic carbocycles. The van der Waals surface area contributed by atoms with E-state index in [4.69, 9.17) is 0 Å². The Balaban J connectivity index is 1.76. The van der Waals surface area contributed by atoms with E-state index in [2.05, 4.69) is 165 Å². The van der Waals surface area contributed by atoms with Gasteiger partial charge in [0.25, 0.3) is 0 Å².